The van der Waals surface area contributed by atoms with Crippen molar-refractivity contribution < 1.29 is 19.1 Å². The molecule has 0 aromatic heterocycles. The number of hydrogen-bond donors (Lipinski definition) is 1. The molecule has 0 aliphatic heterocycles. The lowest BCUT2D eigenvalue weighted by molar-refractivity contribution is -0.140. The van der Waals surface area contributed by atoms with Gasteiger partial charge < -0.3 is 14.8 Å². The number of para-hydroxylation sites is 1. The van der Waals surface area contributed by atoms with Crippen LogP contribution >= 0.6 is 0 Å². The summed E-state index contributed by atoms with van der Waals surface area (Å²) in [7, 11) is 1.39. The van der Waals surface area contributed by atoms with Crippen LogP contribution in [-0.4, -0.2) is 25.5 Å². The number of hydrogen-bond acceptors (Lipinski definition) is 4. The molecule has 0 fully saturated rings. The third kappa shape index (κ3) is 8.23. The Hall–Kier alpha value is -3.08. The first-order valence-electron chi connectivity index (χ1n) is 9.03. The molecule has 0 heterocycles. The van der Waals surface area contributed by atoms with E-state index in [0.29, 0.717) is 13.0 Å². The summed E-state index contributed by atoms with van der Waals surface area (Å²) in [5.74, 6) is 1.15. The van der Waals surface area contributed by atoms with Crippen molar-refractivity contribution in [2.75, 3.05) is 13.7 Å². The standard InChI is InChI=1S/C22H25NO4/c1-26-22(25)13-6-3-7-16-23-21(24)15-14-18-9-8-12-20(17-18)27-19-10-4-2-5-11-19/h2,4-5,8-12,14-15,17H,3,6-7,13,16H2,1H3,(H,23,24). The van der Waals surface area contributed by atoms with Crippen LogP contribution in [0.25, 0.3) is 6.08 Å². The molecule has 0 aliphatic rings. The Kier molecular flexibility index (Phi) is 8.63. The van der Waals surface area contributed by atoms with E-state index < -0.39 is 0 Å². The Morgan fingerprint density at radius 2 is 1.74 bits per heavy atom. The van der Waals surface area contributed by atoms with Gasteiger partial charge in [0.05, 0.1) is 7.11 Å². The van der Waals surface area contributed by atoms with Crippen molar-refractivity contribution in [1.82, 2.24) is 5.32 Å². The summed E-state index contributed by atoms with van der Waals surface area (Å²) in [5, 5.41) is 2.84. The molecule has 0 atom stereocenters. The highest BCUT2D eigenvalue weighted by molar-refractivity contribution is 5.91. The molecular weight excluding hydrogens is 342 g/mol. The molecule has 0 radical (unpaired) electrons. The average Bonchev–Trinajstić information content (AvgIpc) is 2.70. The van der Waals surface area contributed by atoms with Crippen molar-refractivity contribution in [2.45, 2.75) is 25.7 Å². The third-order valence-electron chi connectivity index (χ3n) is 3.85. The van der Waals surface area contributed by atoms with E-state index >= 15 is 0 Å². The zero-order valence-corrected chi connectivity index (χ0v) is 15.5. The van der Waals surface area contributed by atoms with Crippen LogP contribution in [0.3, 0.4) is 0 Å². The molecule has 2 rings (SSSR count). The number of benzene rings is 2. The van der Waals surface area contributed by atoms with Crippen LogP contribution < -0.4 is 10.1 Å². The molecule has 0 saturated heterocycles. The predicted octanol–water partition coefficient (Wildman–Crippen LogP) is 4.34. The van der Waals surface area contributed by atoms with Crippen LogP contribution in [0.2, 0.25) is 0 Å². The lowest BCUT2D eigenvalue weighted by Gasteiger charge is -2.06. The normalized spacial score (nSPS) is 10.6. The zero-order valence-electron chi connectivity index (χ0n) is 15.5. The quantitative estimate of drug-likeness (QED) is 0.385. The Morgan fingerprint density at radius 3 is 2.52 bits per heavy atom. The molecule has 0 unspecified atom stereocenters. The first-order valence-corrected chi connectivity index (χ1v) is 9.03. The van der Waals surface area contributed by atoms with Crippen molar-refractivity contribution in [2.24, 2.45) is 0 Å². The second-order valence-electron chi connectivity index (χ2n) is 6.00. The maximum Gasteiger partial charge on any atom is 0.305 e. The molecule has 0 spiro atoms. The lowest BCUT2D eigenvalue weighted by atomic mass is 10.2. The number of ether oxygens (including phenoxy) is 2. The highest BCUT2D eigenvalue weighted by Crippen LogP contribution is 2.22. The molecule has 0 bridgehead atoms. The van der Waals surface area contributed by atoms with Gasteiger partial charge in [-0.05, 0) is 48.7 Å². The van der Waals surface area contributed by atoms with Gasteiger partial charge >= 0.3 is 5.97 Å². The number of methoxy groups -OCH3 is 1. The fourth-order valence-corrected chi connectivity index (χ4v) is 2.42. The Labute approximate surface area is 160 Å². The summed E-state index contributed by atoms with van der Waals surface area (Å²) >= 11 is 0. The maximum atomic E-state index is 11.9. The minimum absolute atomic E-state index is 0.141. The highest BCUT2D eigenvalue weighted by Gasteiger charge is 2.01. The van der Waals surface area contributed by atoms with Crippen LogP contribution in [-0.2, 0) is 14.3 Å². The van der Waals surface area contributed by atoms with Crippen LogP contribution in [0.5, 0.6) is 11.5 Å². The molecule has 142 valence electrons. The van der Waals surface area contributed by atoms with Gasteiger partial charge in [0.15, 0.2) is 0 Å². The molecule has 0 saturated carbocycles. The molecule has 2 aromatic carbocycles. The Balaban J connectivity index is 1.72. The molecule has 2 aromatic rings. The number of amides is 1. The van der Waals surface area contributed by atoms with Crippen molar-refractivity contribution in [1.29, 1.82) is 0 Å². The topological polar surface area (TPSA) is 64.6 Å². The van der Waals surface area contributed by atoms with Gasteiger partial charge in [-0.1, -0.05) is 36.8 Å². The third-order valence-corrected chi connectivity index (χ3v) is 3.85. The van der Waals surface area contributed by atoms with Crippen molar-refractivity contribution >= 4 is 18.0 Å². The fourth-order valence-electron chi connectivity index (χ4n) is 2.42. The van der Waals surface area contributed by atoms with Gasteiger partial charge in [-0.15, -0.1) is 0 Å². The van der Waals surface area contributed by atoms with E-state index in [1.165, 1.54) is 13.2 Å². The van der Waals surface area contributed by atoms with E-state index in [0.717, 1.165) is 36.3 Å². The number of carbonyl (C=O) groups is 2. The fraction of sp³-hybridized carbons (Fsp3) is 0.273. The SMILES string of the molecule is COC(=O)CCCCCNC(=O)C=Cc1cccc(Oc2ccccc2)c1. The summed E-state index contributed by atoms with van der Waals surface area (Å²) in [4.78, 5) is 22.9. The van der Waals surface area contributed by atoms with Crippen LogP contribution in [0.15, 0.2) is 60.7 Å². The summed E-state index contributed by atoms with van der Waals surface area (Å²) in [6.45, 7) is 0.585. The van der Waals surface area contributed by atoms with Gasteiger partial charge in [0, 0.05) is 19.0 Å². The average molecular weight is 367 g/mol. The number of esters is 1. The van der Waals surface area contributed by atoms with Crippen molar-refractivity contribution in [3.8, 4) is 11.5 Å². The summed E-state index contributed by atoms with van der Waals surface area (Å²) < 4.78 is 10.4. The van der Waals surface area contributed by atoms with Gasteiger partial charge in [0.1, 0.15) is 11.5 Å². The maximum absolute atomic E-state index is 11.9. The van der Waals surface area contributed by atoms with E-state index in [2.05, 4.69) is 10.1 Å². The first-order chi connectivity index (χ1) is 13.2. The van der Waals surface area contributed by atoms with Gasteiger partial charge in [0.2, 0.25) is 5.91 Å². The molecule has 1 N–H and O–H groups in total. The second kappa shape index (κ2) is 11.5. The minimum atomic E-state index is -0.194. The van der Waals surface area contributed by atoms with Gasteiger partial charge in [-0.2, -0.15) is 0 Å². The van der Waals surface area contributed by atoms with Crippen LogP contribution in [0, 0.1) is 0 Å². The number of nitrogens with one attached hydrogen (secondary N) is 1. The molecule has 27 heavy (non-hydrogen) atoms. The van der Waals surface area contributed by atoms with E-state index in [1.54, 1.807) is 6.08 Å². The van der Waals surface area contributed by atoms with E-state index in [1.807, 2.05) is 54.6 Å². The Bertz CT molecular complexity index is 756. The highest BCUT2D eigenvalue weighted by atomic mass is 16.5. The zero-order chi connectivity index (χ0) is 19.3. The molecule has 0 aliphatic carbocycles. The van der Waals surface area contributed by atoms with Crippen LogP contribution in [0.1, 0.15) is 31.2 Å². The molecular formula is C22H25NO4. The molecule has 5 nitrogen and oxygen atoms in total. The smallest absolute Gasteiger partial charge is 0.305 e. The van der Waals surface area contributed by atoms with E-state index in [9.17, 15) is 9.59 Å². The second-order valence-corrected chi connectivity index (χ2v) is 6.00. The van der Waals surface area contributed by atoms with Crippen molar-refractivity contribution in [3.63, 3.8) is 0 Å². The van der Waals surface area contributed by atoms with Gasteiger partial charge in [-0.25, -0.2) is 0 Å². The van der Waals surface area contributed by atoms with Crippen LogP contribution in [0.4, 0.5) is 0 Å². The Morgan fingerprint density at radius 1 is 0.963 bits per heavy atom. The predicted molar refractivity (Wildman–Crippen MR) is 105 cm³/mol. The minimum Gasteiger partial charge on any atom is -0.469 e. The number of rotatable bonds is 10. The van der Waals surface area contributed by atoms with Gasteiger partial charge in [-0.3, -0.25) is 9.59 Å². The molecule has 5 heteroatoms. The monoisotopic (exact) mass is 367 g/mol. The molecule has 1 amide bonds. The van der Waals surface area contributed by atoms with Crippen molar-refractivity contribution in [3.05, 3.63) is 66.2 Å². The largest absolute Gasteiger partial charge is 0.469 e. The first kappa shape index (κ1) is 20.2. The number of carbonyl (C=O) groups excluding carboxylic acids is 2. The summed E-state index contributed by atoms with van der Waals surface area (Å²) in [6, 6.07) is 17.1. The summed E-state index contributed by atoms with van der Waals surface area (Å²) in [5.41, 5.74) is 0.886. The summed E-state index contributed by atoms with van der Waals surface area (Å²) in [6.07, 6.45) is 6.16. The lowest BCUT2D eigenvalue weighted by Crippen LogP contribution is -2.22. The van der Waals surface area contributed by atoms with E-state index in [-0.39, 0.29) is 11.9 Å². The van der Waals surface area contributed by atoms with Gasteiger partial charge in [0.25, 0.3) is 0 Å². The van der Waals surface area contributed by atoms with E-state index in [4.69, 9.17) is 4.74 Å². The number of unbranched alkanes of at least 4 members (excludes halogenated alkanes) is 2.